The van der Waals surface area contributed by atoms with E-state index in [4.69, 9.17) is 5.11 Å². The molecule has 116 valence electrons. The number of hydrogen-bond acceptors (Lipinski definition) is 3. The quantitative estimate of drug-likeness (QED) is 0.820. The molecule has 0 fully saturated rings. The molecular formula is C17H19NO3S. The van der Waals surface area contributed by atoms with Crippen LogP contribution in [-0.2, 0) is 9.59 Å². The summed E-state index contributed by atoms with van der Waals surface area (Å²) in [6, 6.07) is 13.0. The number of carbonyl (C=O) groups excluding carboxylic acids is 1. The van der Waals surface area contributed by atoms with Gasteiger partial charge < -0.3 is 10.4 Å². The van der Waals surface area contributed by atoms with E-state index < -0.39 is 5.97 Å². The number of hydrogen-bond donors (Lipinski definition) is 2. The molecule has 0 saturated carbocycles. The molecule has 2 atom stereocenters. The highest BCUT2D eigenvalue weighted by Crippen LogP contribution is 2.24. The Balaban J connectivity index is 2.08. The molecule has 0 radical (unpaired) electrons. The van der Waals surface area contributed by atoms with E-state index in [2.05, 4.69) is 5.32 Å². The van der Waals surface area contributed by atoms with Gasteiger partial charge in [-0.3, -0.25) is 9.59 Å². The summed E-state index contributed by atoms with van der Waals surface area (Å²) in [4.78, 5) is 24.3. The molecule has 0 bridgehead atoms. The van der Waals surface area contributed by atoms with Crippen LogP contribution in [0.4, 0.5) is 0 Å². The van der Waals surface area contributed by atoms with Crippen LogP contribution in [0, 0.1) is 0 Å². The van der Waals surface area contributed by atoms with E-state index >= 15 is 0 Å². The zero-order valence-electron chi connectivity index (χ0n) is 12.4. The molecule has 0 aliphatic rings. The van der Waals surface area contributed by atoms with Crippen molar-refractivity contribution in [1.29, 1.82) is 0 Å². The first-order chi connectivity index (χ1) is 10.6. The molecule has 4 nitrogen and oxygen atoms in total. The molecule has 5 heteroatoms. The highest BCUT2D eigenvalue weighted by atomic mass is 32.1. The smallest absolute Gasteiger partial charge is 0.303 e. The van der Waals surface area contributed by atoms with Gasteiger partial charge in [-0.05, 0) is 30.4 Å². The van der Waals surface area contributed by atoms with E-state index in [1.807, 2.05) is 54.8 Å². The minimum Gasteiger partial charge on any atom is -0.481 e. The molecule has 2 rings (SSSR count). The standard InChI is InChI=1S/C17H19NO3S/c1-12(15-8-5-11-22-15)17(21)18-14(9-10-16(19)20)13-6-3-2-4-7-13/h2-8,11-12,14H,9-10H2,1H3,(H,18,21)(H,19,20). The minimum atomic E-state index is -0.860. The van der Waals surface area contributed by atoms with Crippen LogP contribution < -0.4 is 5.32 Å². The molecule has 0 saturated heterocycles. The van der Waals surface area contributed by atoms with Gasteiger partial charge in [0.25, 0.3) is 0 Å². The van der Waals surface area contributed by atoms with Gasteiger partial charge >= 0.3 is 5.97 Å². The molecule has 22 heavy (non-hydrogen) atoms. The fourth-order valence-electron chi connectivity index (χ4n) is 2.24. The molecule has 1 aromatic heterocycles. The van der Waals surface area contributed by atoms with Crippen molar-refractivity contribution >= 4 is 23.2 Å². The predicted molar refractivity (Wildman–Crippen MR) is 86.9 cm³/mol. The van der Waals surface area contributed by atoms with Crippen LogP contribution in [-0.4, -0.2) is 17.0 Å². The summed E-state index contributed by atoms with van der Waals surface area (Å²) in [7, 11) is 0. The van der Waals surface area contributed by atoms with Gasteiger partial charge in [0.05, 0.1) is 12.0 Å². The monoisotopic (exact) mass is 317 g/mol. The summed E-state index contributed by atoms with van der Waals surface area (Å²) >= 11 is 1.55. The number of rotatable bonds is 7. The average Bonchev–Trinajstić information content (AvgIpc) is 3.05. The maximum Gasteiger partial charge on any atom is 0.303 e. The van der Waals surface area contributed by atoms with Crippen LogP contribution in [0.5, 0.6) is 0 Å². The molecule has 2 aromatic rings. The topological polar surface area (TPSA) is 66.4 Å². The van der Waals surface area contributed by atoms with E-state index in [0.29, 0.717) is 6.42 Å². The van der Waals surface area contributed by atoms with E-state index in [1.54, 1.807) is 11.3 Å². The minimum absolute atomic E-state index is 0.0211. The number of carboxylic acids is 1. The number of carboxylic acid groups (broad SMARTS) is 1. The van der Waals surface area contributed by atoms with Crippen LogP contribution >= 0.6 is 11.3 Å². The van der Waals surface area contributed by atoms with Gasteiger partial charge in [-0.2, -0.15) is 0 Å². The van der Waals surface area contributed by atoms with Gasteiger partial charge in [-0.15, -0.1) is 11.3 Å². The van der Waals surface area contributed by atoms with E-state index in [1.165, 1.54) is 0 Å². The lowest BCUT2D eigenvalue weighted by Gasteiger charge is -2.20. The fourth-order valence-corrected chi connectivity index (χ4v) is 3.02. The first kappa shape index (κ1) is 16.2. The maximum atomic E-state index is 12.4. The largest absolute Gasteiger partial charge is 0.481 e. The predicted octanol–water partition coefficient (Wildman–Crippen LogP) is 3.57. The van der Waals surface area contributed by atoms with E-state index in [0.717, 1.165) is 10.4 Å². The molecule has 0 aliphatic carbocycles. The van der Waals surface area contributed by atoms with Crippen molar-refractivity contribution in [1.82, 2.24) is 5.32 Å². The Bertz CT molecular complexity index is 610. The van der Waals surface area contributed by atoms with Gasteiger partial charge in [0.15, 0.2) is 0 Å². The number of nitrogens with one attached hydrogen (secondary N) is 1. The molecular weight excluding hydrogens is 298 g/mol. The molecule has 1 amide bonds. The van der Waals surface area contributed by atoms with Gasteiger partial charge in [-0.25, -0.2) is 0 Å². The van der Waals surface area contributed by atoms with Crippen molar-refractivity contribution in [3.8, 4) is 0 Å². The Kier molecular flexibility index (Phi) is 5.72. The molecule has 2 unspecified atom stereocenters. The third kappa shape index (κ3) is 4.43. The number of amides is 1. The van der Waals surface area contributed by atoms with Crippen LogP contribution in [0.15, 0.2) is 47.8 Å². The lowest BCUT2D eigenvalue weighted by molar-refractivity contribution is -0.137. The Hall–Kier alpha value is -2.14. The van der Waals surface area contributed by atoms with Crippen molar-refractivity contribution < 1.29 is 14.7 Å². The van der Waals surface area contributed by atoms with E-state index in [-0.39, 0.29) is 24.3 Å². The number of thiophene rings is 1. The lowest BCUT2D eigenvalue weighted by atomic mass is 10.0. The van der Waals surface area contributed by atoms with Gasteiger partial charge in [0.2, 0.25) is 5.91 Å². The molecule has 0 spiro atoms. The third-order valence-corrected chi connectivity index (χ3v) is 4.58. The van der Waals surface area contributed by atoms with Crippen LogP contribution in [0.1, 0.15) is 42.2 Å². The van der Waals surface area contributed by atoms with Crippen LogP contribution in [0.2, 0.25) is 0 Å². The number of aliphatic carboxylic acids is 1. The highest BCUT2D eigenvalue weighted by molar-refractivity contribution is 7.10. The maximum absolute atomic E-state index is 12.4. The van der Waals surface area contributed by atoms with Crippen molar-refractivity contribution in [3.63, 3.8) is 0 Å². The lowest BCUT2D eigenvalue weighted by Crippen LogP contribution is -2.32. The van der Waals surface area contributed by atoms with Crippen molar-refractivity contribution in [2.45, 2.75) is 31.7 Å². The second-order valence-electron chi connectivity index (χ2n) is 5.14. The van der Waals surface area contributed by atoms with Gasteiger partial charge in [0, 0.05) is 11.3 Å². The molecule has 1 aromatic carbocycles. The normalized spacial score (nSPS) is 13.3. The second-order valence-corrected chi connectivity index (χ2v) is 6.12. The Labute approximate surface area is 133 Å². The Morgan fingerprint density at radius 3 is 2.50 bits per heavy atom. The van der Waals surface area contributed by atoms with Crippen molar-refractivity contribution in [3.05, 3.63) is 58.3 Å². The number of benzene rings is 1. The Morgan fingerprint density at radius 1 is 1.18 bits per heavy atom. The summed E-state index contributed by atoms with van der Waals surface area (Å²) in [6.07, 6.45) is 0.398. The SMILES string of the molecule is CC(C(=O)NC(CCC(=O)O)c1ccccc1)c1cccs1. The molecule has 1 heterocycles. The zero-order valence-corrected chi connectivity index (χ0v) is 13.2. The van der Waals surface area contributed by atoms with Crippen molar-refractivity contribution in [2.24, 2.45) is 0 Å². The van der Waals surface area contributed by atoms with Crippen molar-refractivity contribution in [2.75, 3.05) is 0 Å². The molecule has 0 aliphatic heterocycles. The summed E-state index contributed by atoms with van der Waals surface area (Å²) in [5.41, 5.74) is 0.926. The average molecular weight is 317 g/mol. The first-order valence-corrected chi connectivity index (χ1v) is 8.06. The van der Waals surface area contributed by atoms with Crippen LogP contribution in [0.25, 0.3) is 0 Å². The summed E-state index contributed by atoms with van der Waals surface area (Å²) in [6.45, 7) is 1.86. The summed E-state index contributed by atoms with van der Waals surface area (Å²) in [5.74, 6) is -1.18. The van der Waals surface area contributed by atoms with Gasteiger partial charge in [-0.1, -0.05) is 36.4 Å². The second kappa shape index (κ2) is 7.75. The third-order valence-electron chi connectivity index (χ3n) is 3.53. The first-order valence-electron chi connectivity index (χ1n) is 7.18. The summed E-state index contributed by atoms with van der Waals surface area (Å²) < 4.78 is 0. The molecule has 2 N–H and O–H groups in total. The Morgan fingerprint density at radius 2 is 1.91 bits per heavy atom. The number of carbonyl (C=O) groups is 2. The fraction of sp³-hybridized carbons (Fsp3) is 0.294. The van der Waals surface area contributed by atoms with Crippen LogP contribution in [0.3, 0.4) is 0 Å². The van der Waals surface area contributed by atoms with E-state index in [9.17, 15) is 9.59 Å². The zero-order chi connectivity index (χ0) is 15.9. The van der Waals surface area contributed by atoms with Gasteiger partial charge in [0.1, 0.15) is 0 Å². The summed E-state index contributed by atoms with van der Waals surface area (Å²) in [5, 5.41) is 13.8. The highest BCUT2D eigenvalue weighted by Gasteiger charge is 2.21.